The summed E-state index contributed by atoms with van der Waals surface area (Å²) in [5.74, 6) is -0.380. The Balaban J connectivity index is 1.94. The Morgan fingerprint density at radius 1 is 1.22 bits per heavy atom. The van der Waals surface area contributed by atoms with Crippen LogP contribution in [-0.4, -0.2) is 29.4 Å². The summed E-state index contributed by atoms with van der Waals surface area (Å²) >= 11 is -1.70. The zero-order valence-electron chi connectivity index (χ0n) is 19.3. The Labute approximate surface area is 208 Å². The molecule has 12 heteroatoms. The minimum absolute atomic E-state index is 0.0454. The maximum atomic E-state index is 14.8. The van der Waals surface area contributed by atoms with Crippen LogP contribution in [0, 0.1) is 5.82 Å². The number of amides is 1. The number of hydrogen-bond acceptors (Lipinski definition) is 6. The minimum Gasteiger partial charge on any atom is -0.588 e. The first kappa shape index (κ1) is 27.1. The molecule has 3 aromatic rings. The number of ether oxygens (including phenoxy) is 1. The molecule has 0 aliphatic carbocycles. The second kappa shape index (κ2) is 12.0. The maximum absolute atomic E-state index is 14.8. The van der Waals surface area contributed by atoms with Crippen LogP contribution in [0.25, 0.3) is 6.08 Å². The zero-order valence-corrected chi connectivity index (χ0v) is 20.2. The summed E-state index contributed by atoms with van der Waals surface area (Å²) in [6.45, 7) is 1.75. The first-order chi connectivity index (χ1) is 17.2. The lowest BCUT2D eigenvalue weighted by molar-refractivity contribution is -0.135. The molecule has 1 N–H and O–H groups in total. The number of aromatic nitrogens is 1. The number of methoxy groups -OCH3 is 1. The third-order valence-corrected chi connectivity index (χ3v) is 6.15. The fourth-order valence-electron chi connectivity index (χ4n) is 3.45. The number of nitrogens with one attached hydrogen (secondary N) is 1. The largest absolute Gasteiger partial charge is 0.588 e. The van der Waals surface area contributed by atoms with Crippen molar-refractivity contribution in [3.05, 3.63) is 65.7 Å². The van der Waals surface area contributed by atoms with Gasteiger partial charge >= 0.3 is 6.18 Å². The maximum Gasteiger partial charge on any atom is 0.389 e. The molecule has 36 heavy (non-hydrogen) atoms. The van der Waals surface area contributed by atoms with Crippen molar-refractivity contribution < 1.29 is 36.2 Å². The molecular weight excluding hydrogens is 502 g/mol. The van der Waals surface area contributed by atoms with Crippen LogP contribution in [0.15, 0.2) is 58.2 Å². The highest BCUT2D eigenvalue weighted by atomic mass is 32.2. The number of aryl methyl sites for hydroxylation is 1. The van der Waals surface area contributed by atoms with Crippen LogP contribution in [-0.2, 0) is 22.6 Å². The molecule has 2 aromatic carbocycles. The number of rotatable bonds is 11. The molecule has 1 atom stereocenters. The summed E-state index contributed by atoms with van der Waals surface area (Å²) in [6, 6.07) is 8.49. The van der Waals surface area contributed by atoms with Gasteiger partial charge in [-0.15, -0.1) is 0 Å². The van der Waals surface area contributed by atoms with E-state index in [1.807, 2.05) is 0 Å². The predicted molar refractivity (Wildman–Crippen MR) is 128 cm³/mol. The van der Waals surface area contributed by atoms with Gasteiger partial charge in [0.25, 0.3) is 0 Å². The number of halogens is 4. The normalized spacial score (nSPS) is 12.5. The van der Waals surface area contributed by atoms with Crippen molar-refractivity contribution >= 4 is 41.0 Å². The molecule has 0 saturated heterocycles. The molecule has 0 radical (unpaired) electrons. The van der Waals surface area contributed by atoms with Crippen molar-refractivity contribution in [1.29, 1.82) is 0 Å². The highest BCUT2D eigenvalue weighted by Crippen LogP contribution is 2.38. The number of benzene rings is 2. The topological polar surface area (TPSA) is 90.7 Å². The molecule has 3 rings (SSSR count). The fraction of sp³-hybridized carbons (Fsp3) is 0.250. The van der Waals surface area contributed by atoms with E-state index in [1.165, 1.54) is 37.6 Å². The van der Waals surface area contributed by atoms with E-state index >= 15 is 0 Å². The van der Waals surface area contributed by atoms with Crippen LogP contribution in [0.4, 0.5) is 34.8 Å². The van der Waals surface area contributed by atoms with Gasteiger partial charge in [-0.05, 0) is 43.5 Å². The van der Waals surface area contributed by atoms with E-state index in [9.17, 15) is 26.9 Å². The van der Waals surface area contributed by atoms with Crippen molar-refractivity contribution in [2.75, 3.05) is 16.7 Å². The van der Waals surface area contributed by atoms with Crippen LogP contribution in [0.1, 0.15) is 30.9 Å². The summed E-state index contributed by atoms with van der Waals surface area (Å²) < 4.78 is 77.7. The molecule has 0 fully saturated rings. The van der Waals surface area contributed by atoms with Crippen LogP contribution in [0.5, 0.6) is 5.75 Å². The van der Waals surface area contributed by atoms with Crippen LogP contribution in [0.2, 0.25) is 0 Å². The number of carbonyl (C=O) groups is 1. The Kier molecular flexibility index (Phi) is 8.99. The number of carbonyl (C=O) groups excluding carboxylic acids is 1. The Hall–Kier alpha value is -3.51. The highest BCUT2D eigenvalue weighted by molar-refractivity contribution is 7.92. The van der Waals surface area contributed by atoms with Gasteiger partial charge in [0.1, 0.15) is 29.2 Å². The van der Waals surface area contributed by atoms with Crippen LogP contribution in [0.3, 0.4) is 0 Å². The summed E-state index contributed by atoms with van der Waals surface area (Å²) in [5.41, 5.74) is 0.941. The van der Waals surface area contributed by atoms with Crippen molar-refractivity contribution in [3.63, 3.8) is 0 Å². The Bertz CT molecular complexity index is 1200. The average Bonchev–Trinajstić information content (AvgIpc) is 3.34. The van der Waals surface area contributed by atoms with Gasteiger partial charge in [0, 0.05) is 30.2 Å². The second-order valence-corrected chi connectivity index (χ2v) is 8.75. The quantitative estimate of drug-likeness (QED) is 0.183. The molecule has 1 aromatic heterocycles. The third-order valence-electron chi connectivity index (χ3n) is 5.07. The van der Waals surface area contributed by atoms with Gasteiger partial charge in [-0.1, -0.05) is 17.3 Å². The number of allylic oxidation sites excluding steroid dienone is 1. The standard InChI is InChI=1S/C24H23F4N3O4S/c1-3-5-17-12-18(36(33)30-23-9-11-35-29-23)7-8-20(17)31(15-32)21-14-19(25)16(13-22(21)34-2)6-4-10-24(26,27)28/h3,5,7-9,11-15H,4,6,10H2,1-2H3,(H,29,30)/b5-3-. The Morgan fingerprint density at radius 3 is 2.61 bits per heavy atom. The van der Waals surface area contributed by atoms with E-state index in [4.69, 9.17) is 9.26 Å². The molecule has 192 valence electrons. The lowest BCUT2D eigenvalue weighted by Crippen LogP contribution is -2.18. The molecule has 0 aliphatic heterocycles. The lowest BCUT2D eigenvalue weighted by atomic mass is 10.0. The number of hydrogen-bond donors (Lipinski definition) is 1. The highest BCUT2D eigenvalue weighted by Gasteiger charge is 2.27. The second-order valence-electron chi connectivity index (χ2n) is 7.54. The van der Waals surface area contributed by atoms with E-state index in [-0.39, 0.29) is 35.7 Å². The fourth-order valence-corrected chi connectivity index (χ4v) is 4.29. The van der Waals surface area contributed by atoms with E-state index in [0.717, 1.165) is 11.0 Å². The van der Waals surface area contributed by atoms with Crippen LogP contribution < -0.4 is 14.4 Å². The minimum atomic E-state index is -4.33. The van der Waals surface area contributed by atoms with Crippen molar-refractivity contribution in [1.82, 2.24) is 5.16 Å². The molecule has 0 aliphatic rings. The summed E-state index contributed by atoms with van der Waals surface area (Å²) in [7, 11) is 1.31. The third kappa shape index (κ3) is 6.79. The van der Waals surface area contributed by atoms with Crippen molar-refractivity contribution in [3.8, 4) is 5.75 Å². The zero-order chi connectivity index (χ0) is 26.3. The number of anilines is 3. The lowest BCUT2D eigenvalue weighted by Gasteiger charge is -2.23. The van der Waals surface area contributed by atoms with Crippen molar-refractivity contribution in [2.45, 2.75) is 37.3 Å². The molecule has 0 bridgehead atoms. The Morgan fingerprint density at radius 2 is 2.00 bits per heavy atom. The molecule has 0 spiro atoms. The number of nitrogens with zero attached hydrogens (tertiary/aromatic N) is 2. The van der Waals surface area contributed by atoms with Gasteiger partial charge in [-0.3, -0.25) is 9.69 Å². The summed E-state index contributed by atoms with van der Waals surface area (Å²) in [4.78, 5) is 13.7. The van der Waals surface area contributed by atoms with Gasteiger partial charge in [-0.2, -0.15) is 17.9 Å². The molecule has 1 amide bonds. The molecule has 7 nitrogen and oxygen atoms in total. The molecule has 1 heterocycles. The number of alkyl halides is 3. The van der Waals surface area contributed by atoms with E-state index < -0.39 is 29.8 Å². The van der Waals surface area contributed by atoms with Gasteiger partial charge in [0.2, 0.25) is 12.2 Å². The van der Waals surface area contributed by atoms with Gasteiger partial charge < -0.3 is 13.8 Å². The molecule has 0 saturated carbocycles. The van der Waals surface area contributed by atoms with Gasteiger partial charge in [0.15, 0.2) is 4.90 Å². The van der Waals surface area contributed by atoms with E-state index in [1.54, 1.807) is 25.1 Å². The molecule has 1 unspecified atom stereocenters. The average molecular weight is 526 g/mol. The van der Waals surface area contributed by atoms with Gasteiger partial charge in [0.05, 0.1) is 18.5 Å². The monoisotopic (exact) mass is 525 g/mol. The van der Waals surface area contributed by atoms with Gasteiger partial charge in [-0.25, -0.2) is 4.39 Å². The summed E-state index contributed by atoms with van der Waals surface area (Å²) in [6.07, 6.45) is -0.630. The van der Waals surface area contributed by atoms with E-state index in [0.29, 0.717) is 22.6 Å². The SMILES string of the molecule is C/C=C\c1cc([S+]([O-])Nc2ccon2)ccc1N(C=O)c1cc(F)c(CCCC(F)(F)F)cc1OC. The summed E-state index contributed by atoms with van der Waals surface area (Å²) in [5, 5.41) is 3.65. The first-order valence-corrected chi connectivity index (χ1v) is 11.8. The first-order valence-electron chi connectivity index (χ1n) is 10.7. The molecular formula is C24H23F4N3O4S. The van der Waals surface area contributed by atoms with E-state index in [2.05, 4.69) is 9.88 Å². The van der Waals surface area contributed by atoms with Crippen LogP contribution >= 0.6 is 0 Å². The van der Waals surface area contributed by atoms with Crippen molar-refractivity contribution in [2.24, 2.45) is 0 Å². The smallest absolute Gasteiger partial charge is 0.389 e. The predicted octanol–water partition coefficient (Wildman–Crippen LogP) is 6.17.